The third-order valence-electron chi connectivity index (χ3n) is 6.29. The number of unbranched alkanes of at least 4 members (excludes halogenated alkanes) is 1. The number of nitrogens with one attached hydrogen (secondary N) is 1. The number of hydrogen-bond acceptors (Lipinski definition) is 7. The Hall–Kier alpha value is -2.84. The Morgan fingerprint density at radius 2 is 2.00 bits per heavy atom. The van der Waals surface area contributed by atoms with E-state index in [1.54, 1.807) is 41.8 Å². The van der Waals surface area contributed by atoms with Crippen LogP contribution in [-0.2, 0) is 9.47 Å². The van der Waals surface area contributed by atoms with E-state index in [1.165, 1.54) is 7.11 Å². The first-order valence-electron chi connectivity index (χ1n) is 11.9. The lowest BCUT2D eigenvalue weighted by molar-refractivity contribution is 0.0602. The van der Waals surface area contributed by atoms with Crippen molar-refractivity contribution in [3.8, 4) is 0 Å². The average Bonchev–Trinajstić information content (AvgIpc) is 3.29. The van der Waals surface area contributed by atoms with Crippen molar-refractivity contribution < 1.29 is 19.1 Å². The van der Waals surface area contributed by atoms with E-state index in [2.05, 4.69) is 17.2 Å². The van der Waals surface area contributed by atoms with Gasteiger partial charge in [-0.2, -0.15) is 0 Å². The number of aromatic nitrogens is 2. The number of carbonyl (C=O) groups is 2. The molecule has 1 N–H and O–H groups in total. The van der Waals surface area contributed by atoms with Crippen LogP contribution in [0, 0.1) is 5.92 Å². The minimum Gasteiger partial charge on any atom is -0.465 e. The lowest BCUT2D eigenvalue weighted by atomic mass is 9.83. The Labute approximate surface area is 203 Å². The summed E-state index contributed by atoms with van der Waals surface area (Å²) in [5.41, 5.74) is 1.71. The lowest BCUT2D eigenvalue weighted by Gasteiger charge is -2.27. The number of carbonyl (C=O) groups excluding carboxylic acids is 2. The molecule has 1 aliphatic carbocycles. The third-order valence-corrected chi connectivity index (χ3v) is 7.47. The van der Waals surface area contributed by atoms with Crippen LogP contribution in [-0.4, -0.2) is 42.2 Å². The number of ether oxygens (including phenoxy) is 2. The summed E-state index contributed by atoms with van der Waals surface area (Å²) < 4.78 is 11.7. The molecule has 34 heavy (non-hydrogen) atoms. The van der Waals surface area contributed by atoms with Gasteiger partial charge in [0.05, 0.1) is 33.6 Å². The first-order chi connectivity index (χ1) is 16.6. The van der Waals surface area contributed by atoms with Crippen LogP contribution in [0.25, 0.3) is 10.2 Å². The number of rotatable bonds is 9. The second-order valence-electron chi connectivity index (χ2n) is 8.72. The molecule has 0 bridgehead atoms. The Bertz CT molecular complexity index is 1120. The van der Waals surface area contributed by atoms with Gasteiger partial charge < -0.3 is 14.8 Å². The van der Waals surface area contributed by atoms with Gasteiger partial charge in [-0.3, -0.25) is 9.78 Å². The number of pyridine rings is 1. The van der Waals surface area contributed by atoms with Gasteiger partial charge in [0, 0.05) is 25.3 Å². The molecule has 0 aliphatic heterocycles. The largest absolute Gasteiger partial charge is 0.465 e. The Morgan fingerprint density at radius 1 is 1.18 bits per heavy atom. The maximum Gasteiger partial charge on any atom is 0.340 e. The normalized spacial score (nSPS) is 18.1. The number of anilines is 1. The zero-order valence-electron chi connectivity index (χ0n) is 19.7. The van der Waals surface area contributed by atoms with Gasteiger partial charge in [-0.25, -0.2) is 9.78 Å². The number of benzene rings is 1. The van der Waals surface area contributed by atoms with E-state index in [0.717, 1.165) is 67.0 Å². The van der Waals surface area contributed by atoms with E-state index in [1.807, 2.05) is 6.07 Å². The van der Waals surface area contributed by atoms with Crippen molar-refractivity contribution in [2.45, 2.75) is 51.4 Å². The lowest BCUT2D eigenvalue weighted by Crippen LogP contribution is -2.18. The first kappa shape index (κ1) is 24.3. The van der Waals surface area contributed by atoms with Crippen molar-refractivity contribution in [3.63, 3.8) is 0 Å². The maximum atomic E-state index is 12.7. The van der Waals surface area contributed by atoms with Crippen LogP contribution in [0.15, 0.2) is 36.5 Å². The summed E-state index contributed by atoms with van der Waals surface area (Å²) in [6.07, 6.45) is 8.32. The molecule has 2 aromatic heterocycles. The molecule has 1 aromatic carbocycles. The summed E-state index contributed by atoms with van der Waals surface area (Å²) in [4.78, 5) is 34.0. The van der Waals surface area contributed by atoms with Gasteiger partial charge >= 0.3 is 5.97 Å². The highest BCUT2D eigenvalue weighted by Crippen LogP contribution is 2.40. The smallest absolute Gasteiger partial charge is 0.340 e. The molecule has 2 heterocycles. The van der Waals surface area contributed by atoms with E-state index in [0.29, 0.717) is 17.5 Å². The molecular weight excluding hydrogens is 450 g/mol. The van der Waals surface area contributed by atoms with E-state index >= 15 is 0 Å². The molecule has 1 aliphatic rings. The Balaban J connectivity index is 1.50. The molecule has 1 amide bonds. The van der Waals surface area contributed by atoms with Crippen LogP contribution in [0.5, 0.6) is 0 Å². The summed E-state index contributed by atoms with van der Waals surface area (Å²) >= 11 is 1.63. The highest BCUT2D eigenvalue weighted by molar-refractivity contribution is 7.18. The maximum absolute atomic E-state index is 12.7. The van der Waals surface area contributed by atoms with Crippen molar-refractivity contribution in [1.82, 2.24) is 9.97 Å². The molecule has 3 aromatic rings. The van der Waals surface area contributed by atoms with Gasteiger partial charge in [0.15, 0.2) is 0 Å². The molecule has 1 saturated carbocycles. The minimum absolute atomic E-state index is 0.277. The molecule has 7 nitrogen and oxygen atoms in total. The number of fused-ring (bicyclic) bond motifs is 1. The minimum atomic E-state index is -0.517. The molecule has 0 unspecified atom stereocenters. The molecule has 0 spiro atoms. The third kappa shape index (κ3) is 5.80. The second kappa shape index (κ2) is 11.5. The standard InChI is InChI=1S/C26H31N3O4S/c1-3-4-13-33-16-17-8-10-18(11-9-17)25-29-22-14-19(26(31)32-2)21(15-23(22)34-25)28-24(30)20-7-5-6-12-27-20/h5-7,12,14-15,17-18H,3-4,8-11,13,16H2,1-2H3,(H,28,30)/t17-,18-. The number of amides is 1. The van der Waals surface area contributed by atoms with E-state index < -0.39 is 5.97 Å². The zero-order chi connectivity index (χ0) is 23.9. The van der Waals surface area contributed by atoms with Crippen molar-refractivity contribution >= 4 is 39.1 Å². The highest BCUT2D eigenvalue weighted by atomic mass is 32.1. The molecule has 0 saturated heterocycles. The topological polar surface area (TPSA) is 90.4 Å². The van der Waals surface area contributed by atoms with E-state index in [9.17, 15) is 9.59 Å². The first-order valence-corrected chi connectivity index (χ1v) is 12.7. The van der Waals surface area contributed by atoms with Crippen molar-refractivity contribution in [2.24, 2.45) is 5.92 Å². The van der Waals surface area contributed by atoms with Gasteiger partial charge in [-0.15, -0.1) is 11.3 Å². The fraction of sp³-hybridized carbons (Fsp3) is 0.462. The SMILES string of the molecule is CCCCOC[C@H]1CC[C@H](c2nc3cc(C(=O)OC)c(NC(=O)c4ccccn4)cc3s2)CC1. The summed E-state index contributed by atoms with van der Waals surface area (Å²) in [6.45, 7) is 3.89. The van der Waals surface area contributed by atoms with Crippen molar-refractivity contribution in [1.29, 1.82) is 0 Å². The highest BCUT2D eigenvalue weighted by Gasteiger charge is 2.26. The van der Waals surface area contributed by atoms with Gasteiger partial charge in [0.1, 0.15) is 5.69 Å². The van der Waals surface area contributed by atoms with Crippen LogP contribution in [0.3, 0.4) is 0 Å². The van der Waals surface area contributed by atoms with Crippen molar-refractivity contribution in [2.75, 3.05) is 25.6 Å². The number of hydrogen-bond donors (Lipinski definition) is 1. The average molecular weight is 482 g/mol. The Morgan fingerprint density at radius 3 is 2.71 bits per heavy atom. The number of nitrogens with zero attached hydrogens (tertiary/aromatic N) is 2. The fourth-order valence-corrected chi connectivity index (χ4v) is 5.46. The summed E-state index contributed by atoms with van der Waals surface area (Å²) in [5, 5.41) is 3.91. The predicted octanol–water partition coefficient (Wildman–Crippen LogP) is 5.82. The molecule has 180 valence electrons. The zero-order valence-corrected chi connectivity index (χ0v) is 20.5. The number of methoxy groups -OCH3 is 1. The predicted molar refractivity (Wildman–Crippen MR) is 134 cm³/mol. The summed E-state index contributed by atoms with van der Waals surface area (Å²) in [7, 11) is 1.33. The van der Waals surface area contributed by atoms with Gasteiger partial charge in [-0.1, -0.05) is 19.4 Å². The molecule has 4 rings (SSSR count). The van der Waals surface area contributed by atoms with Crippen LogP contribution >= 0.6 is 11.3 Å². The molecule has 1 fully saturated rings. The molecule has 8 heteroatoms. The summed E-state index contributed by atoms with van der Waals surface area (Å²) in [5.74, 6) is 0.143. The second-order valence-corrected chi connectivity index (χ2v) is 9.79. The van der Waals surface area contributed by atoms with Crippen LogP contribution < -0.4 is 5.32 Å². The van der Waals surface area contributed by atoms with Crippen molar-refractivity contribution in [3.05, 3.63) is 52.8 Å². The van der Waals surface area contributed by atoms with Gasteiger partial charge in [-0.05, 0) is 62.3 Å². The van der Waals surface area contributed by atoms with E-state index in [4.69, 9.17) is 14.5 Å². The van der Waals surface area contributed by atoms with Crippen LogP contribution in [0.1, 0.15) is 77.2 Å². The van der Waals surface area contributed by atoms with Gasteiger partial charge in [0.2, 0.25) is 0 Å². The van der Waals surface area contributed by atoms with Crippen LogP contribution in [0.2, 0.25) is 0 Å². The molecule has 0 atom stereocenters. The Kier molecular flexibility index (Phi) is 8.24. The number of thiazole rings is 1. The summed E-state index contributed by atoms with van der Waals surface area (Å²) in [6, 6.07) is 8.64. The van der Waals surface area contributed by atoms with Crippen LogP contribution in [0.4, 0.5) is 5.69 Å². The molecule has 0 radical (unpaired) electrons. The van der Waals surface area contributed by atoms with Gasteiger partial charge in [0.25, 0.3) is 5.91 Å². The quantitative estimate of drug-likeness (QED) is 0.306. The number of esters is 1. The molecular formula is C26H31N3O4S. The van der Waals surface area contributed by atoms with E-state index in [-0.39, 0.29) is 17.2 Å². The fourth-order valence-electron chi connectivity index (χ4n) is 4.30. The monoisotopic (exact) mass is 481 g/mol.